The average Bonchev–Trinajstić information content (AvgIpc) is 3.37. The molecule has 1 spiro atoms. The Morgan fingerprint density at radius 2 is 1.65 bits per heavy atom. The van der Waals surface area contributed by atoms with E-state index >= 15 is 0 Å². The maximum absolute atomic E-state index is 14.3. The minimum atomic E-state index is -0.553. The zero-order valence-corrected chi connectivity index (χ0v) is 21.5. The zero-order chi connectivity index (χ0) is 25.6. The van der Waals surface area contributed by atoms with Gasteiger partial charge in [-0.2, -0.15) is 0 Å². The number of hydrogen-bond donors (Lipinski definition) is 0. The monoisotopic (exact) mass is 506 g/mol. The molecular formula is C29H34N2O6. The van der Waals surface area contributed by atoms with Crippen molar-refractivity contribution in [2.75, 3.05) is 46.1 Å². The Bertz CT molecular complexity index is 1200. The molecule has 8 heteroatoms. The highest BCUT2D eigenvalue weighted by atomic mass is 16.7. The molecule has 2 saturated heterocycles. The van der Waals surface area contributed by atoms with Gasteiger partial charge in [0.2, 0.25) is 5.91 Å². The topological polar surface area (TPSA) is 77.5 Å². The van der Waals surface area contributed by atoms with Gasteiger partial charge in [0, 0.05) is 38.0 Å². The Kier molecular flexibility index (Phi) is 6.32. The van der Waals surface area contributed by atoms with E-state index in [0.717, 1.165) is 16.7 Å². The fourth-order valence-corrected chi connectivity index (χ4v) is 6.39. The van der Waals surface area contributed by atoms with Crippen LogP contribution in [0.15, 0.2) is 36.4 Å². The van der Waals surface area contributed by atoms with Crippen LogP contribution in [0.1, 0.15) is 65.7 Å². The highest BCUT2D eigenvalue weighted by molar-refractivity contribution is 6.01. The number of benzene rings is 2. The summed E-state index contributed by atoms with van der Waals surface area (Å²) in [5, 5.41) is 0. The number of fused-ring (bicyclic) bond motifs is 4. The molecule has 0 bridgehead atoms. The van der Waals surface area contributed by atoms with Crippen LogP contribution in [0.25, 0.3) is 0 Å². The first-order valence-electron chi connectivity index (χ1n) is 13.4. The van der Waals surface area contributed by atoms with Crippen LogP contribution in [0.5, 0.6) is 11.5 Å². The maximum atomic E-state index is 14.3. The predicted octanol–water partition coefficient (Wildman–Crippen LogP) is 3.69. The van der Waals surface area contributed by atoms with Crippen molar-refractivity contribution in [2.24, 2.45) is 0 Å². The molecule has 2 fully saturated rings. The molecule has 2 aromatic carbocycles. The Hall–Kier alpha value is -3.10. The van der Waals surface area contributed by atoms with Crippen LogP contribution in [0, 0.1) is 0 Å². The summed E-state index contributed by atoms with van der Waals surface area (Å²) >= 11 is 0. The normalized spacial score (nSPS) is 23.9. The molecule has 2 aromatic rings. The van der Waals surface area contributed by atoms with Gasteiger partial charge in [0.1, 0.15) is 0 Å². The molecular weight excluding hydrogens is 472 g/mol. The Morgan fingerprint density at radius 1 is 0.973 bits per heavy atom. The number of rotatable bonds is 5. The summed E-state index contributed by atoms with van der Waals surface area (Å²) in [7, 11) is 0. The first kappa shape index (κ1) is 24.2. The molecule has 4 heterocycles. The SMILES string of the molecule is CCOc1cc2c(cc1OCC)[C@@H]1[C@H](C(=O)N3CCC4(CC3)OCCO4)c3ccccc3C(=O)N1CC2. The summed E-state index contributed by atoms with van der Waals surface area (Å²) in [4.78, 5) is 31.8. The van der Waals surface area contributed by atoms with E-state index in [9.17, 15) is 9.59 Å². The van der Waals surface area contributed by atoms with Gasteiger partial charge in [-0.3, -0.25) is 9.59 Å². The second kappa shape index (κ2) is 9.65. The second-order valence-corrected chi connectivity index (χ2v) is 10.1. The lowest BCUT2D eigenvalue weighted by molar-refractivity contribution is -0.188. The second-order valence-electron chi connectivity index (χ2n) is 10.1. The minimum Gasteiger partial charge on any atom is -0.490 e. The summed E-state index contributed by atoms with van der Waals surface area (Å²) in [6.07, 6.45) is 2.01. The summed E-state index contributed by atoms with van der Waals surface area (Å²) in [6, 6.07) is 11.2. The van der Waals surface area contributed by atoms with Crippen molar-refractivity contribution in [3.05, 3.63) is 58.7 Å². The van der Waals surface area contributed by atoms with Gasteiger partial charge in [-0.05, 0) is 55.2 Å². The van der Waals surface area contributed by atoms with Crippen LogP contribution in [-0.2, 0) is 20.7 Å². The van der Waals surface area contributed by atoms with Gasteiger partial charge < -0.3 is 28.7 Å². The molecule has 0 aliphatic carbocycles. The van der Waals surface area contributed by atoms with Gasteiger partial charge >= 0.3 is 0 Å². The number of amides is 2. The Labute approximate surface area is 217 Å². The third kappa shape index (κ3) is 4.07. The molecule has 4 aliphatic heterocycles. The van der Waals surface area contributed by atoms with Crippen molar-refractivity contribution < 1.29 is 28.5 Å². The quantitative estimate of drug-likeness (QED) is 0.616. The third-order valence-electron chi connectivity index (χ3n) is 8.10. The standard InChI is InChI=1S/C29H34N2O6/c1-3-34-23-17-19-9-12-31-26(22(19)18-24(23)35-4-2)25(20-7-5-6-8-21(20)27(31)32)28(33)30-13-10-29(11-14-30)36-15-16-37-29/h5-8,17-18,25-26H,3-4,9-16H2,1-2H3/t25-,26-/m1/s1. The third-order valence-corrected chi connectivity index (χ3v) is 8.10. The van der Waals surface area contributed by atoms with Crippen molar-refractivity contribution in [1.82, 2.24) is 9.80 Å². The first-order valence-corrected chi connectivity index (χ1v) is 13.4. The summed E-state index contributed by atoms with van der Waals surface area (Å²) in [5.41, 5.74) is 3.48. The number of likely N-dealkylation sites (tertiary alicyclic amines) is 1. The molecule has 0 unspecified atom stereocenters. The number of hydrogen-bond acceptors (Lipinski definition) is 6. The number of nitrogens with zero attached hydrogens (tertiary/aromatic N) is 2. The van der Waals surface area contributed by atoms with Crippen molar-refractivity contribution in [2.45, 2.75) is 50.9 Å². The van der Waals surface area contributed by atoms with Gasteiger partial charge in [-0.1, -0.05) is 18.2 Å². The molecule has 4 aliphatic rings. The molecule has 2 atom stereocenters. The van der Waals surface area contributed by atoms with E-state index in [2.05, 4.69) is 0 Å². The van der Waals surface area contributed by atoms with Crippen LogP contribution >= 0.6 is 0 Å². The van der Waals surface area contributed by atoms with Crippen LogP contribution in [-0.4, -0.2) is 73.5 Å². The Balaban J connectivity index is 1.41. The summed E-state index contributed by atoms with van der Waals surface area (Å²) < 4.78 is 23.6. The van der Waals surface area contributed by atoms with Crippen LogP contribution in [0.4, 0.5) is 0 Å². The van der Waals surface area contributed by atoms with Crippen molar-refractivity contribution in [1.29, 1.82) is 0 Å². The number of piperidine rings is 1. The van der Waals surface area contributed by atoms with Crippen molar-refractivity contribution >= 4 is 11.8 Å². The number of carbonyl (C=O) groups excluding carboxylic acids is 2. The van der Waals surface area contributed by atoms with Crippen molar-refractivity contribution in [3.8, 4) is 11.5 Å². The maximum Gasteiger partial charge on any atom is 0.254 e. The van der Waals surface area contributed by atoms with Gasteiger partial charge in [-0.15, -0.1) is 0 Å². The van der Waals surface area contributed by atoms with E-state index < -0.39 is 17.7 Å². The smallest absolute Gasteiger partial charge is 0.254 e. The minimum absolute atomic E-state index is 0.0208. The number of carbonyl (C=O) groups is 2. The highest BCUT2D eigenvalue weighted by Crippen LogP contribution is 2.49. The molecule has 0 N–H and O–H groups in total. The van der Waals surface area contributed by atoms with Crippen LogP contribution in [0.3, 0.4) is 0 Å². The van der Waals surface area contributed by atoms with Crippen molar-refractivity contribution in [3.63, 3.8) is 0 Å². The fourth-order valence-electron chi connectivity index (χ4n) is 6.39. The molecule has 0 saturated carbocycles. The van der Waals surface area contributed by atoms with Crippen LogP contribution in [0.2, 0.25) is 0 Å². The predicted molar refractivity (Wildman–Crippen MR) is 136 cm³/mol. The van der Waals surface area contributed by atoms with Crippen LogP contribution < -0.4 is 9.47 Å². The van der Waals surface area contributed by atoms with Gasteiger partial charge in [0.05, 0.1) is 38.4 Å². The summed E-state index contributed by atoms with van der Waals surface area (Å²) in [6.45, 7) is 7.82. The molecule has 0 radical (unpaired) electrons. The highest BCUT2D eigenvalue weighted by Gasteiger charge is 2.49. The van der Waals surface area contributed by atoms with E-state index in [1.807, 2.05) is 60.0 Å². The lowest BCUT2D eigenvalue weighted by Crippen LogP contribution is -2.53. The van der Waals surface area contributed by atoms with E-state index in [4.69, 9.17) is 18.9 Å². The summed E-state index contributed by atoms with van der Waals surface area (Å²) in [5.74, 6) is 0.329. The fraction of sp³-hybridized carbons (Fsp3) is 0.517. The average molecular weight is 507 g/mol. The van der Waals surface area contributed by atoms with Gasteiger partial charge in [0.25, 0.3) is 5.91 Å². The molecule has 2 amide bonds. The Morgan fingerprint density at radius 3 is 2.35 bits per heavy atom. The molecule has 196 valence electrons. The zero-order valence-electron chi connectivity index (χ0n) is 21.5. The lowest BCUT2D eigenvalue weighted by Gasteiger charge is -2.47. The molecule has 8 nitrogen and oxygen atoms in total. The molecule has 6 rings (SSSR count). The van der Waals surface area contributed by atoms with E-state index in [1.54, 1.807) is 0 Å². The van der Waals surface area contributed by atoms with Gasteiger partial charge in [0.15, 0.2) is 17.3 Å². The lowest BCUT2D eigenvalue weighted by atomic mass is 9.75. The van der Waals surface area contributed by atoms with E-state index in [0.29, 0.717) is 82.4 Å². The van der Waals surface area contributed by atoms with E-state index in [-0.39, 0.29) is 11.8 Å². The first-order chi connectivity index (χ1) is 18.0. The number of ether oxygens (including phenoxy) is 4. The van der Waals surface area contributed by atoms with E-state index in [1.165, 1.54) is 0 Å². The molecule has 0 aromatic heterocycles. The van der Waals surface area contributed by atoms with Gasteiger partial charge in [-0.25, -0.2) is 0 Å². The largest absolute Gasteiger partial charge is 0.490 e. The molecule has 37 heavy (non-hydrogen) atoms.